The number of Topliss-reactive ketones (excluding diaryl/α,β-unsaturated/α-hetero) is 3. The van der Waals surface area contributed by atoms with Gasteiger partial charge in [-0.2, -0.15) is 21.6 Å². The molecule has 29 heteroatoms. The summed E-state index contributed by atoms with van der Waals surface area (Å²) in [6, 6.07) is 0. The van der Waals surface area contributed by atoms with E-state index < -0.39 is 115 Å². The van der Waals surface area contributed by atoms with Gasteiger partial charge in [0.2, 0.25) is 8.32 Å². The Labute approximate surface area is 802 Å². The molecule has 1 aliphatic rings. The van der Waals surface area contributed by atoms with Gasteiger partial charge in [0.15, 0.2) is 58.2 Å². The lowest BCUT2D eigenvalue weighted by molar-refractivity contribution is -0.142. The summed E-state index contributed by atoms with van der Waals surface area (Å²) in [5.41, 5.74) is -7.25. The molecule has 10 atom stereocenters. The minimum absolute atomic E-state index is 0. The number of allylic oxidation sites excluding steroid dienone is 3. The monoisotopic (exact) mass is 1980 g/mol. The van der Waals surface area contributed by atoms with Gasteiger partial charge in [0.05, 0.1) is 30.5 Å². The van der Waals surface area contributed by atoms with Gasteiger partial charge in [-0.3, -0.25) is 14.4 Å². The molecule has 128 heavy (non-hydrogen) atoms. The zero-order valence-electron chi connectivity index (χ0n) is 92.3. The number of carbonyl (C=O) groups is 4. The first-order valence-corrected chi connectivity index (χ1v) is 71.8. The Balaban J connectivity index is -0.000000247. The van der Waals surface area contributed by atoms with E-state index in [-0.39, 0.29) is 118 Å². The van der Waals surface area contributed by atoms with Crippen LogP contribution in [-0.2, 0) is 68.9 Å². The van der Waals surface area contributed by atoms with Gasteiger partial charge in [-0.05, 0) is 208 Å². The Morgan fingerprint density at radius 2 is 0.664 bits per heavy atom. The minimum Gasteiger partial charge on any atom is -0.417 e. The molecule has 1 rings (SSSR count). The highest BCUT2D eigenvalue weighted by molar-refractivity contribution is 7.88. The average Bonchev–Trinajstić information content (AvgIpc) is 0.905. The van der Waals surface area contributed by atoms with Crippen LogP contribution in [0.5, 0.6) is 0 Å². The average molecular weight is 1980 g/mol. The van der Waals surface area contributed by atoms with E-state index in [1.807, 2.05) is 61.5 Å². The van der Waals surface area contributed by atoms with Gasteiger partial charge in [-0.25, -0.2) is 0 Å². The second-order valence-corrected chi connectivity index (χ2v) is 90.1. The number of hydrogen-bond acceptors (Lipinski definition) is 16. The van der Waals surface area contributed by atoms with E-state index in [0.29, 0.717) is 45.5 Å². The summed E-state index contributed by atoms with van der Waals surface area (Å²) < 4.78 is 114. The maximum Gasteiger partial charge on any atom is 0.522 e. The third kappa shape index (κ3) is 45.8. The quantitative estimate of drug-likeness (QED) is 0.0261. The van der Waals surface area contributed by atoms with Gasteiger partial charge in [-0.1, -0.05) is 275 Å². The number of carbonyl (C=O) groups excluding carboxylic acids is 4. The van der Waals surface area contributed by atoms with Crippen molar-refractivity contribution in [2.45, 2.75) is 496 Å². The molecule has 0 amide bonds. The maximum absolute atomic E-state index is 14.6. The molecule has 0 spiro atoms. The van der Waals surface area contributed by atoms with E-state index in [2.05, 4.69) is 288 Å². The van der Waals surface area contributed by atoms with Crippen molar-refractivity contribution in [1.82, 2.24) is 0 Å². The fourth-order valence-corrected chi connectivity index (χ4v) is 24.1. The molecule has 1 saturated heterocycles. The van der Waals surface area contributed by atoms with Crippen molar-refractivity contribution in [3.8, 4) is 0 Å². The topological polar surface area (TPSA) is 206 Å². The summed E-state index contributed by atoms with van der Waals surface area (Å²) in [5.74, 6) is 0.158. The molecule has 1 N–H and O–H groups in total. The lowest BCUT2D eigenvalue weighted by Gasteiger charge is -2.47. The minimum atomic E-state index is -5.48. The van der Waals surface area contributed by atoms with Crippen LogP contribution in [0.15, 0.2) is 38.0 Å². The van der Waals surface area contributed by atoms with Crippen LogP contribution >= 0.6 is 0 Å². The molecule has 0 unspecified atom stereocenters. The predicted molar refractivity (Wildman–Crippen MR) is 568 cm³/mol. The molecular weight excluding hydrogens is 1770 g/mol. The number of alkyl halides is 3. The molecule has 0 aromatic carbocycles. The van der Waals surface area contributed by atoms with Crippen LogP contribution in [0.25, 0.3) is 0 Å². The van der Waals surface area contributed by atoms with Crippen LogP contribution in [0.3, 0.4) is 0 Å². The Bertz CT molecular complexity index is 3360. The number of hydrogen-bond donors (Lipinski definition) is 1. The largest absolute Gasteiger partial charge is 0.522 e. The SMILES string of the molecule is C.C1CCOC1.C=CC[C@H](C)C=O.C=CC[C@H](C)[C@H](O)[C@@H](C)C(=O)C(C)(C)[C@H](CCO[Si](C)(C)C(C)(C)C)O[Si](C)(C)C(C)(C)C.C=CC[C@H](C)[C@H](O[Si](C)(C)C(C)(C)C)[C@@H](C)C(=O)C(C)(C)[C@H](CCO[Si](C)(C)C(C)(C)C)O[Si](C)(C)C(C)(C)C.CC(C)(C)[Si](C)(C)OS(=O)(=O)C(F)(F)F.CCC(=O)C(C)(C)[C@H](CCO[Si](C)(C)C(C)(C)C)O[Si](C)(C)C(C)(C)C.[2HH].[B]. The number of aliphatic hydroxyl groups excluding tert-OH is 1. The van der Waals surface area contributed by atoms with Crippen LogP contribution in [0.2, 0.25) is 145 Å². The van der Waals surface area contributed by atoms with E-state index in [4.69, 9.17) is 35.7 Å². The Morgan fingerprint density at radius 1 is 0.414 bits per heavy atom. The smallest absolute Gasteiger partial charge is 0.417 e. The van der Waals surface area contributed by atoms with Gasteiger partial charge in [0.25, 0.3) is 0 Å². The van der Waals surface area contributed by atoms with Crippen LogP contribution < -0.4 is 0 Å². The Hall–Kier alpha value is -0.960. The second-order valence-electron chi connectivity index (χ2n) is 50.1. The molecule has 1 aliphatic heterocycles. The van der Waals surface area contributed by atoms with Gasteiger partial charge < -0.3 is 49.5 Å². The molecular formula is C99H211BF3O16SSi8. The zero-order chi connectivity index (χ0) is 102. The highest BCUT2D eigenvalue weighted by atomic mass is 32.2. The molecule has 0 saturated carbocycles. The molecule has 16 nitrogen and oxygen atoms in total. The van der Waals surface area contributed by atoms with Crippen molar-refractivity contribution in [1.29, 1.82) is 0 Å². The van der Waals surface area contributed by atoms with Gasteiger partial charge in [0, 0.05) is 83.3 Å². The molecule has 0 bridgehead atoms. The summed E-state index contributed by atoms with van der Waals surface area (Å²) in [4.78, 5) is 50.8. The van der Waals surface area contributed by atoms with E-state index in [0.717, 1.165) is 38.8 Å². The fraction of sp³-hybridized carbons (Fsp3) is 0.899. The summed E-state index contributed by atoms with van der Waals surface area (Å²) in [6.45, 7) is 126. The second kappa shape index (κ2) is 54.0. The first kappa shape index (κ1) is 140. The van der Waals surface area contributed by atoms with Crippen LogP contribution in [0.4, 0.5) is 13.2 Å². The van der Waals surface area contributed by atoms with Crippen LogP contribution in [0, 0.1) is 45.8 Å². The van der Waals surface area contributed by atoms with Gasteiger partial charge in [0.1, 0.15) is 23.6 Å². The van der Waals surface area contributed by atoms with Crippen LogP contribution in [0.1, 0.15) is 316 Å². The normalized spacial score (nSPS) is 16.8. The Morgan fingerprint density at radius 3 is 0.883 bits per heavy atom. The highest BCUT2D eigenvalue weighted by Gasteiger charge is 2.55. The predicted octanol–water partition coefficient (Wildman–Crippen LogP) is 30.6. The lowest BCUT2D eigenvalue weighted by atomic mass is 9.73. The van der Waals surface area contributed by atoms with E-state index in [1.165, 1.54) is 25.9 Å². The Kier molecular flexibility index (Phi) is 59.1. The first-order valence-electron chi connectivity index (χ1n) is 47.1. The fourth-order valence-electron chi connectivity index (χ4n) is 11.4. The van der Waals surface area contributed by atoms with Crippen molar-refractivity contribution >= 4 is 109 Å². The maximum atomic E-state index is 14.6. The molecule has 1 heterocycles. The van der Waals surface area contributed by atoms with Crippen LogP contribution in [-0.4, -0.2) is 181 Å². The molecule has 0 aromatic heterocycles. The molecule has 0 aliphatic carbocycles. The highest BCUT2D eigenvalue weighted by Crippen LogP contribution is 2.49. The van der Waals surface area contributed by atoms with E-state index >= 15 is 0 Å². The zero-order valence-corrected chi connectivity index (χ0v) is 101. The molecule has 1 fully saturated rings. The van der Waals surface area contributed by atoms with Crippen molar-refractivity contribution in [2.75, 3.05) is 33.0 Å². The van der Waals surface area contributed by atoms with Crippen molar-refractivity contribution in [3.05, 3.63) is 38.0 Å². The summed E-state index contributed by atoms with van der Waals surface area (Å²) in [5, 5.41) is 11.0. The lowest BCUT2D eigenvalue weighted by Crippen LogP contribution is -2.54. The molecule has 0 aromatic rings. The van der Waals surface area contributed by atoms with Crippen molar-refractivity contribution in [2.24, 2.45) is 45.8 Å². The van der Waals surface area contributed by atoms with E-state index in [9.17, 15) is 45.9 Å². The number of ketones is 3. The van der Waals surface area contributed by atoms with Gasteiger partial charge in [-0.15, -0.1) is 19.7 Å². The molecule has 3 radical (unpaired) electrons. The summed E-state index contributed by atoms with van der Waals surface area (Å²) in [7, 11) is -22.4. The van der Waals surface area contributed by atoms with Gasteiger partial charge >= 0.3 is 15.6 Å². The summed E-state index contributed by atoms with van der Waals surface area (Å²) in [6.07, 6.45) is 12.5. The third-order valence-corrected chi connectivity index (χ3v) is 68.0. The number of halogens is 3. The third-order valence-electron chi connectivity index (χ3n) is 29.7. The number of ether oxygens (including phenoxy) is 1. The number of aldehydes is 1. The summed E-state index contributed by atoms with van der Waals surface area (Å²) >= 11 is 0. The first-order chi connectivity index (χ1) is 55.3. The van der Waals surface area contributed by atoms with Crippen molar-refractivity contribution in [3.63, 3.8) is 0 Å². The van der Waals surface area contributed by atoms with E-state index in [1.54, 1.807) is 32.9 Å². The van der Waals surface area contributed by atoms with Crippen molar-refractivity contribution < 1.29 is 86.9 Å². The molecule has 765 valence electrons. The number of aliphatic hydroxyl groups is 1. The number of rotatable bonds is 42. The standard InChI is InChI=1S/C33H70O4Si3.C27H56O4Si2.C21H46O3Si2.C7H15F3O3SSi.C6H10O.C4H8O.CH4.B.H2/c1-21-22-25(2)28(37-40(19,20)32(10,11)12)26(3)29(34)33(13,14)27(36-39(17,18)31(7,8)9)23-24-35-38(15,16)30(4,5)6;1-16-17-20(2)23(28)21(3)24(29)27(10,11)22(31-33(14,15)26(7,8)9)18-19-30-32(12,13)25(4,5)6;1-14-17(22)21(8,9)18(24-26(12,13)20(5,6)7)15-16-23-25(10,11)19(2,3)4;1-6(2,3)15(4,5)13-14(11,12)7(8,9)10;1-3-4-6(2)5-7;1-2-4-5-3-1;;;/h21,25-28H,1,22-24H2,2-20H3;16,20-23,28H,1,17-19H2,2-15H3;18H,14-16H2,1-13H3;1-5H3;3,5-6H,1,4H2,2H3;1-4H2;1H4;;1H/t25-,26+,27-,28-;20-,21+,22-,23-;18-;;6-;;;;/m000.0..../s1/i;;;;;;;;1+1.